The number of hydrazone groups is 1. The number of nitrogens with zero attached hydrogens (tertiary/aromatic N) is 1. The van der Waals surface area contributed by atoms with E-state index in [-0.39, 0.29) is 28.4 Å². The van der Waals surface area contributed by atoms with Gasteiger partial charge in [0.05, 0.1) is 17.2 Å². The van der Waals surface area contributed by atoms with Gasteiger partial charge in [0, 0.05) is 11.3 Å². The standard InChI is InChI=1S/C19H15Br2N3O3/c20-15-8-13(18(26)17(21)19(15)27)9-23-24-16(25)10-22-14-6-5-11-3-1-2-4-12(11)7-14/h1-9,22,26-27H,10H2,(H,24,25)/b23-9-. The van der Waals surface area contributed by atoms with Crippen molar-refractivity contribution in [2.75, 3.05) is 11.9 Å². The Morgan fingerprint density at radius 1 is 1.04 bits per heavy atom. The highest BCUT2D eigenvalue weighted by molar-refractivity contribution is 9.11. The van der Waals surface area contributed by atoms with Crippen LogP contribution in [0.2, 0.25) is 0 Å². The first-order valence-corrected chi connectivity index (χ1v) is 9.49. The Labute approximate surface area is 172 Å². The summed E-state index contributed by atoms with van der Waals surface area (Å²) in [4.78, 5) is 11.9. The lowest BCUT2D eigenvalue weighted by Gasteiger charge is -2.07. The van der Waals surface area contributed by atoms with E-state index in [9.17, 15) is 15.0 Å². The summed E-state index contributed by atoms with van der Waals surface area (Å²) in [6, 6.07) is 15.3. The molecule has 6 nitrogen and oxygen atoms in total. The van der Waals surface area contributed by atoms with Crippen LogP contribution in [0.15, 0.2) is 62.6 Å². The van der Waals surface area contributed by atoms with Crippen molar-refractivity contribution in [3.05, 3.63) is 63.0 Å². The molecule has 1 amide bonds. The Hall–Kier alpha value is -2.58. The normalized spacial score (nSPS) is 11.0. The van der Waals surface area contributed by atoms with Crippen LogP contribution in [0.4, 0.5) is 5.69 Å². The zero-order chi connectivity index (χ0) is 19.4. The van der Waals surface area contributed by atoms with E-state index in [2.05, 4.69) is 47.7 Å². The summed E-state index contributed by atoms with van der Waals surface area (Å²) in [5, 5.41) is 28.7. The number of amides is 1. The second-order valence-electron chi connectivity index (χ2n) is 5.67. The van der Waals surface area contributed by atoms with Crippen molar-refractivity contribution >= 4 is 60.4 Å². The third-order valence-corrected chi connectivity index (χ3v) is 5.15. The third kappa shape index (κ3) is 4.58. The monoisotopic (exact) mass is 491 g/mol. The van der Waals surface area contributed by atoms with Gasteiger partial charge in [0.2, 0.25) is 0 Å². The predicted octanol–water partition coefficient (Wildman–Crippen LogP) is 4.34. The maximum atomic E-state index is 11.9. The minimum Gasteiger partial charge on any atom is -0.506 e. The maximum absolute atomic E-state index is 11.9. The smallest absolute Gasteiger partial charge is 0.259 e. The number of anilines is 1. The van der Waals surface area contributed by atoms with Crippen molar-refractivity contribution in [1.82, 2.24) is 5.43 Å². The van der Waals surface area contributed by atoms with Crippen LogP contribution in [0, 0.1) is 0 Å². The van der Waals surface area contributed by atoms with Gasteiger partial charge >= 0.3 is 0 Å². The van der Waals surface area contributed by atoms with Crippen LogP contribution >= 0.6 is 31.9 Å². The minimum absolute atomic E-state index is 0.0463. The Morgan fingerprint density at radius 2 is 1.78 bits per heavy atom. The van der Waals surface area contributed by atoms with Crippen LogP contribution in [-0.2, 0) is 4.79 Å². The average Bonchev–Trinajstić information content (AvgIpc) is 2.68. The first kappa shape index (κ1) is 19.2. The van der Waals surface area contributed by atoms with Crippen molar-refractivity contribution < 1.29 is 15.0 Å². The SMILES string of the molecule is O=C(CNc1ccc2ccccc2c1)N/N=C\c1cc(Br)c(O)c(Br)c1O. The molecule has 4 N–H and O–H groups in total. The number of phenols is 2. The minimum atomic E-state index is -0.337. The molecule has 138 valence electrons. The average molecular weight is 493 g/mol. The second-order valence-corrected chi connectivity index (χ2v) is 7.31. The van der Waals surface area contributed by atoms with Crippen molar-refractivity contribution in [1.29, 1.82) is 0 Å². The number of rotatable bonds is 5. The number of carbonyl (C=O) groups excluding carboxylic acids is 1. The largest absolute Gasteiger partial charge is 0.506 e. The van der Waals surface area contributed by atoms with Crippen molar-refractivity contribution in [3.8, 4) is 11.5 Å². The predicted molar refractivity (Wildman–Crippen MR) is 113 cm³/mol. The number of benzene rings is 3. The van der Waals surface area contributed by atoms with E-state index in [0.717, 1.165) is 16.5 Å². The highest BCUT2D eigenvalue weighted by Crippen LogP contribution is 2.40. The van der Waals surface area contributed by atoms with Crippen LogP contribution < -0.4 is 10.7 Å². The molecule has 0 aliphatic rings. The van der Waals surface area contributed by atoms with Gasteiger partial charge in [0.1, 0.15) is 16.0 Å². The summed E-state index contributed by atoms with van der Waals surface area (Å²) in [7, 11) is 0. The molecule has 0 atom stereocenters. The van der Waals surface area contributed by atoms with Gasteiger partial charge in [-0.15, -0.1) is 0 Å². The molecule has 0 bridgehead atoms. The Balaban J connectivity index is 1.59. The fraction of sp³-hybridized carbons (Fsp3) is 0.0526. The molecule has 0 aliphatic heterocycles. The molecule has 0 unspecified atom stereocenters. The Kier molecular flexibility index (Phi) is 5.98. The van der Waals surface area contributed by atoms with E-state index < -0.39 is 0 Å². The molecule has 0 saturated carbocycles. The highest BCUT2D eigenvalue weighted by Gasteiger charge is 2.12. The van der Waals surface area contributed by atoms with E-state index in [1.54, 1.807) is 0 Å². The number of carbonyl (C=O) groups is 1. The lowest BCUT2D eigenvalue weighted by Crippen LogP contribution is -2.25. The number of fused-ring (bicyclic) bond motifs is 1. The number of halogens is 2. The fourth-order valence-electron chi connectivity index (χ4n) is 2.41. The Bertz CT molecular complexity index is 1040. The van der Waals surface area contributed by atoms with Gasteiger partial charge in [0.25, 0.3) is 5.91 Å². The van der Waals surface area contributed by atoms with Crippen molar-refractivity contribution in [2.45, 2.75) is 0 Å². The molecule has 3 aromatic rings. The number of aromatic hydroxyl groups is 2. The Morgan fingerprint density at radius 3 is 2.56 bits per heavy atom. The van der Waals surface area contributed by atoms with Gasteiger partial charge in [-0.3, -0.25) is 4.79 Å². The molecule has 0 heterocycles. The molecular formula is C19H15Br2N3O3. The van der Waals surface area contributed by atoms with Crippen LogP contribution in [0.25, 0.3) is 10.8 Å². The molecule has 0 aromatic heterocycles. The third-order valence-electron chi connectivity index (χ3n) is 3.79. The van der Waals surface area contributed by atoms with E-state index in [1.807, 2.05) is 42.5 Å². The lowest BCUT2D eigenvalue weighted by atomic mass is 10.1. The molecule has 0 radical (unpaired) electrons. The van der Waals surface area contributed by atoms with Crippen LogP contribution in [-0.4, -0.2) is 28.9 Å². The van der Waals surface area contributed by atoms with E-state index in [4.69, 9.17) is 0 Å². The molecule has 8 heteroatoms. The number of hydrogen-bond acceptors (Lipinski definition) is 5. The number of nitrogens with one attached hydrogen (secondary N) is 2. The maximum Gasteiger partial charge on any atom is 0.259 e. The fourth-order valence-corrected chi connectivity index (χ4v) is 3.56. The van der Waals surface area contributed by atoms with Crippen molar-refractivity contribution in [2.24, 2.45) is 5.10 Å². The quantitative estimate of drug-likeness (QED) is 0.315. The summed E-state index contributed by atoms with van der Waals surface area (Å²) < 4.78 is 0.528. The van der Waals surface area contributed by atoms with E-state index >= 15 is 0 Å². The second kappa shape index (κ2) is 8.41. The summed E-state index contributed by atoms with van der Waals surface area (Å²) in [6.45, 7) is 0.0463. The van der Waals surface area contributed by atoms with Crippen LogP contribution in [0.5, 0.6) is 11.5 Å². The first-order valence-electron chi connectivity index (χ1n) is 7.90. The van der Waals surface area contributed by atoms with Crippen LogP contribution in [0.3, 0.4) is 0 Å². The number of phenolic OH excluding ortho intramolecular Hbond substituents is 2. The zero-order valence-electron chi connectivity index (χ0n) is 13.9. The molecule has 0 aliphatic carbocycles. The number of hydrogen-bond donors (Lipinski definition) is 4. The molecule has 0 fully saturated rings. The van der Waals surface area contributed by atoms with Gasteiger partial charge in [-0.2, -0.15) is 5.10 Å². The van der Waals surface area contributed by atoms with E-state index in [1.165, 1.54) is 12.3 Å². The molecule has 3 rings (SSSR count). The van der Waals surface area contributed by atoms with E-state index in [0.29, 0.717) is 10.0 Å². The van der Waals surface area contributed by atoms with Crippen LogP contribution in [0.1, 0.15) is 5.56 Å². The first-order chi connectivity index (χ1) is 13.0. The summed E-state index contributed by atoms with van der Waals surface area (Å²) in [5.41, 5.74) is 3.54. The van der Waals surface area contributed by atoms with Gasteiger partial charge in [-0.05, 0) is 60.8 Å². The topological polar surface area (TPSA) is 94.0 Å². The molecule has 3 aromatic carbocycles. The highest BCUT2D eigenvalue weighted by atomic mass is 79.9. The summed E-state index contributed by atoms with van der Waals surface area (Å²) in [5.74, 6) is -0.632. The zero-order valence-corrected chi connectivity index (χ0v) is 17.1. The molecule has 27 heavy (non-hydrogen) atoms. The molecular weight excluding hydrogens is 478 g/mol. The summed E-state index contributed by atoms with van der Waals surface area (Å²) >= 11 is 6.25. The van der Waals surface area contributed by atoms with Gasteiger partial charge in [-0.25, -0.2) is 5.43 Å². The lowest BCUT2D eigenvalue weighted by molar-refractivity contribution is -0.119. The van der Waals surface area contributed by atoms with Crippen molar-refractivity contribution in [3.63, 3.8) is 0 Å². The van der Waals surface area contributed by atoms with Gasteiger partial charge in [0.15, 0.2) is 0 Å². The van der Waals surface area contributed by atoms with Gasteiger partial charge < -0.3 is 15.5 Å². The molecule has 0 saturated heterocycles. The van der Waals surface area contributed by atoms with Gasteiger partial charge in [-0.1, -0.05) is 30.3 Å². The molecule has 0 spiro atoms. The summed E-state index contributed by atoms with van der Waals surface area (Å²) in [6.07, 6.45) is 1.29.